The summed E-state index contributed by atoms with van der Waals surface area (Å²) >= 11 is 0. The lowest BCUT2D eigenvalue weighted by Crippen LogP contribution is -2.58. The van der Waals surface area contributed by atoms with Crippen molar-refractivity contribution in [2.75, 3.05) is 26.2 Å². The van der Waals surface area contributed by atoms with Crippen molar-refractivity contribution in [1.29, 1.82) is 0 Å². The Balaban J connectivity index is 0.981. The number of primary amides is 1. The van der Waals surface area contributed by atoms with Gasteiger partial charge in [-0.05, 0) is 75.2 Å². The van der Waals surface area contributed by atoms with Crippen LogP contribution in [0.25, 0.3) is 5.65 Å². The third kappa shape index (κ3) is 4.85. The van der Waals surface area contributed by atoms with Gasteiger partial charge in [0.15, 0.2) is 0 Å². The summed E-state index contributed by atoms with van der Waals surface area (Å²) < 4.78 is 13.6. The lowest BCUT2D eigenvalue weighted by molar-refractivity contribution is -0.0848. The van der Waals surface area contributed by atoms with E-state index < -0.39 is 5.91 Å². The van der Waals surface area contributed by atoms with Crippen LogP contribution in [0.15, 0.2) is 42.9 Å². The highest BCUT2D eigenvalue weighted by atomic mass is 16.5. The molecule has 0 atom stereocenters. The van der Waals surface area contributed by atoms with E-state index >= 15 is 0 Å². The lowest BCUT2D eigenvalue weighted by Gasteiger charge is -2.57. The highest BCUT2D eigenvalue weighted by molar-refractivity contribution is 5.95. The van der Waals surface area contributed by atoms with Gasteiger partial charge in [-0.1, -0.05) is 0 Å². The number of hydrogen-bond donors (Lipinski definition) is 2. The molecule has 1 aliphatic heterocycles. The zero-order valence-electron chi connectivity index (χ0n) is 20.8. The number of rotatable bonds is 9. The van der Waals surface area contributed by atoms with Crippen molar-refractivity contribution < 1.29 is 19.1 Å². The molecule has 3 aliphatic rings. The molecule has 0 bridgehead atoms. The Morgan fingerprint density at radius 3 is 2.73 bits per heavy atom. The number of nitrogens with zero attached hydrogens (tertiary/aromatic N) is 4. The number of carbonyl (C=O) groups is 2. The van der Waals surface area contributed by atoms with Crippen LogP contribution in [0.3, 0.4) is 0 Å². The van der Waals surface area contributed by atoms with E-state index in [2.05, 4.69) is 20.2 Å². The first-order valence-corrected chi connectivity index (χ1v) is 13.0. The number of pyridine rings is 2. The van der Waals surface area contributed by atoms with Crippen LogP contribution in [0.5, 0.6) is 11.6 Å². The van der Waals surface area contributed by atoms with Gasteiger partial charge in [0, 0.05) is 31.0 Å². The second kappa shape index (κ2) is 9.66. The van der Waals surface area contributed by atoms with Crippen LogP contribution in [0.4, 0.5) is 0 Å². The molecule has 3 aromatic rings. The van der Waals surface area contributed by atoms with Gasteiger partial charge in [-0.2, -0.15) is 0 Å². The molecule has 0 unspecified atom stereocenters. The van der Waals surface area contributed by atoms with Gasteiger partial charge in [0.05, 0.1) is 6.20 Å². The quantitative estimate of drug-likeness (QED) is 0.459. The third-order valence-corrected chi connectivity index (χ3v) is 7.92. The molecule has 0 aromatic carbocycles. The number of carbonyl (C=O) groups excluding carboxylic acids is 2. The maximum atomic E-state index is 13.0. The minimum Gasteiger partial charge on any atom is -0.492 e. The van der Waals surface area contributed by atoms with E-state index in [9.17, 15) is 9.59 Å². The van der Waals surface area contributed by atoms with Crippen LogP contribution in [0, 0.1) is 5.41 Å². The Bertz CT molecular complexity index is 1300. The molecule has 37 heavy (non-hydrogen) atoms. The van der Waals surface area contributed by atoms with Crippen LogP contribution in [-0.2, 0) is 0 Å². The van der Waals surface area contributed by atoms with E-state index in [1.54, 1.807) is 28.9 Å². The molecule has 4 heterocycles. The highest BCUT2D eigenvalue weighted by Crippen LogP contribution is 2.56. The number of imidazole rings is 1. The van der Waals surface area contributed by atoms with Crippen molar-refractivity contribution >= 4 is 17.5 Å². The Morgan fingerprint density at radius 1 is 1.14 bits per heavy atom. The number of nitrogens with one attached hydrogen (secondary N) is 1. The minimum absolute atomic E-state index is 0.00944. The Kier molecular flexibility index (Phi) is 6.19. The molecule has 10 nitrogen and oxygen atoms in total. The summed E-state index contributed by atoms with van der Waals surface area (Å²) in [5, 5.41) is 3.15. The van der Waals surface area contributed by atoms with Crippen LogP contribution in [0.2, 0.25) is 0 Å². The summed E-state index contributed by atoms with van der Waals surface area (Å²) in [5.74, 6) is 0.395. The molecule has 6 rings (SSSR count). The smallest absolute Gasteiger partial charge is 0.270 e. The van der Waals surface area contributed by atoms with Crippen LogP contribution < -0.4 is 20.5 Å². The first-order chi connectivity index (χ1) is 18.0. The number of likely N-dealkylation sites (tertiary alicyclic amines) is 1. The molecule has 1 saturated heterocycles. The summed E-state index contributed by atoms with van der Waals surface area (Å²) in [7, 11) is 0. The largest absolute Gasteiger partial charge is 0.492 e. The number of hydrogen-bond acceptors (Lipinski definition) is 7. The fourth-order valence-corrected chi connectivity index (χ4v) is 6.02. The number of ether oxygens (including phenoxy) is 2. The summed E-state index contributed by atoms with van der Waals surface area (Å²) in [4.78, 5) is 35.5. The van der Waals surface area contributed by atoms with Crippen molar-refractivity contribution in [3.05, 3.63) is 54.1 Å². The fourth-order valence-electron chi connectivity index (χ4n) is 6.02. The van der Waals surface area contributed by atoms with Gasteiger partial charge in [0.2, 0.25) is 5.88 Å². The van der Waals surface area contributed by atoms with E-state index in [1.807, 2.05) is 18.3 Å². The molecule has 2 aliphatic carbocycles. The Morgan fingerprint density at radius 2 is 1.95 bits per heavy atom. The normalized spacial score (nSPS) is 25.0. The van der Waals surface area contributed by atoms with Gasteiger partial charge >= 0.3 is 0 Å². The number of fused-ring (bicyclic) bond motifs is 1. The highest BCUT2D eigenvalue weighted by Gasteiger charge is 2.54. The Labute approximate surface area is 215 Å². The van der Waals surface area contributed by atoms with Gasteiger partial charge in [0.1, 0.15) is 35.4 Å². The molecular formula is C27H32N6O4. The van der Waals surface area contributed by atoms with Gasteiger partial charge < -0.3 is 20.5 Å². The van der Waals surface area contributed by atoms with E-state index in [-0.39, 0.29) is 23.5 Å². The maximum absolute atomic E-state index is 13.0. The van der Waals surface area contributed by atoms with Gasteiger partial charge in [0.25, 0.3) is 11.8 Å². The molecule has 194 valence electrons. The molecular weight excluding hydrogens is 472 g/mol. The molecule has 3 fully saturated rings. The summed E-state index contributed by atoms with van der Waals surface area (Å²) in [6.07, 6.45) is 11.2. The predicted molar refractivity (Wildman–Crippen MR) is 136 cm³/mol. The monoisotopic (exact) mass is 504 g/mol. The zero-order chi connectivity index (χ0) is 25.4. The minimum atomic E-state index is -0.544. The molecule has 10 heteroatoms. The predicted octanol–water partition coefficient (Wildman–Crippen LogP) is 2.42. The topological polar surface area (TPSA) is 124 Å². The third-order valence-electron chi connectivity index (χ3n) is 7.92. The zero-order valence-corrected chi connectivity index (χ0v) is 20.8. The second-order valence-corrected chi connectivity index (χ2v) is 10.6. The van der Waals surface area contributed by atoms with E-state index in [4.69, 9.17) is 15.2 Å². The average molecular weight is 505 g/mol. The van der Waals surface area contributed by atoms with Crippen LogP contribution >= 0.6 is 0 Å². The fraction of sp³-hybridized carbons (Fsp3) is 0.481. The average Bonchev–Trinajstić information content (AvgIpc) is 3.51. The maximum Gasteiger partial charge on any atom is 0.270 e. The van der Waals surface area contributed by atoms with Crippen molar-refractivity contribution in [3.63, 3.8) is 0 Å². The SMILES string of the molecule is NC(=O)c1cccnc1OC1CC2(CC(NC(=O)c3cnc4cc(OCCN5CCCC5)ccn34)C2)C1. The molecule has 2 saturated carbocycles. The molecule has 1 spiro atoms. The van der Waals surface area contributed by atoms with Crippen molar-refractivity contribution in [2.24, 2.45) is 11.1 Å². The Hall–Kier alpha value is -3.66. The first-order valence-electron chi connectivity index (χ1n) is 13.0. The number of nitrogens with two attached hydrogens (primary N) is 1. The second-order valence-electron chi connectivity index (χ2n) is 10.6. The molecule has 3 aromatic heterocycles. The summed E-state index contributed by atoms with van der Waals surface area (Å²) in [5.41, 5.74) is 7.11. The van der Waals surface area contributed by atoms with E-state index in [0.29, 0.717) is 29.4 Å². The molecule has 3 N–H and O–H groups in total. The van der Waals surface area contributed by atoms with Crippen molar-refractivity contribution in [3.8, 4) is 11.6 Å². The lowest BCUT2D eigenvalue weighted by atomic mass is 9.53. The first kappa shape index (κ1) is 23.7. The van der Waals surface area contributed by atoms with Crippen LogP contribution in [0.1, 0.15) is 59.4 Å². The van der Waals surface area contributed by atoms with Crippen molar-refractivity contribution in [2.45, 2.75) is 50.7 Å². The van der Waals surface area contributed by atoms with Gasteiger partial charge in [-0.15, -0.1) is 0 Å². The standard InChI is InChI=1S/C27H32N6O4/c28-24(34)21-4-3-6-29-26(21)37-20-15-27(16-20)13-18(14-27)31-25(35)22-17-30-23-12-19(5-9-33(22)23)36-11-10-32-7-1-2-8-32/h3-6,9,12,17-18,20H,1-2,7-8,10-11,13-16H2,(H2,28,34)(H,31,35). The van der Waals surface area contributed by atoms with Gasteiger partial charge in [-0.25, -0.2) is 9.97 Å². The van der Waals surface area contributed by atoms with E-state index in [0.717, 1.165) is 51.1 Å². The van der Waals surface area contributed by atoms with Gasteiger partial charge in [-0.3, -0.25) is 18.9 Å². The van der Waals surface area contributed by atoms with Crippen molar-refractivity contribution in [1.82, 2.24) is 24.6 Å². The molecule has 0 radical (unpaired) electrons. The molecule has 2 amide bonds. The number of aromatic nitrogens is 3. The van der Waals surface area contributed by atoms with Crippen LogP contribution in [-0.4, -0.2) is 69.5 Å². The van der Waals surface area contributed by atoms with E-state index in [1.165, 1.54) is 12.8 Å². The summed E-state index contributed by atoms with van der Waals surface area (Å²) in [6.45, 7) is 3.88. The summed E-state index contributed by atoms with van der Waals surface area (Å²) in [6, 6.07) is 7.17. The number of amides is 2.